The van der Waals surface area contributed by atoms with Crippen molar-refractivity contribution in [3.63, 3.8) is 0 Å². The Hall–Kier alpha value is -1.61. The van der Waals surface area contributed by atoms with E-state index in [9.17, 15) is 4.79 Å². The van der Waals surface area contributed by atoms with Gasteiger partial charge in [-0.2, -0.15) is 0 Å². The quantitative estimate of drug-likeness (QED) is 0.592. The minimum absolute atomic E-state index is 0.0512. The SMILES string of the molecule is C=CCCCC(=O)C1N(c2ccccc2)CC2CCCN21. The number of Topliss-reactive ketones (excluding diaryl/α,β-unsaturated/α-hetero) is 1. The number of nitrogens with zero attached hydrogens (tertiary/aromatic N) is 2. The van der Waals surface area contributed by atoms with Gasteiger partial charge in [-0.1, -0.05) is 24.3 Å². The summed E-state index contributed by atoms with van der Waals surface area (Å²) in [6.07, 6.45) is 6.79. The number of rotatable bonds is 6. The fourth-order valence-electron chi connectivity index (χ4n) is 3.66. The lowest BCUT2D eigenvalue weighted by Gasteiger charge is -2.29. The average Bonchev–Trinajstić information content (AvgIpc) is 3.08. The van der Waals surface area contributed by atoms with Crippen molar-refractivity contribution in [2.75, 3.05) is 18.0 Å². The fraction of sp³-hybridized carbons (Fsp3) is 0.500. The van der Waals surface area contributed by atoms with E-state index < -0.39 is 0 Å². The summed E-state index contributed by atoms with van der Waals surface area (Å²) < 4.78 is 0. The lowest BCUT2D eigenvalue weighted by molar-refractivity contribution is -0.123. The molecule has 3 nitrogen and oxygen atoms in total. The Kier molecular flexibility index (Phi) is 4.39. The maximum absolute atomic E-state index is 12.7. The Balaban J connectivity index is 1.78. The summed E-state index contributed by atoms with van der Waals surface area (Å²) in [5.41, 5.74) is 1.17. The van der Waals surface area contributed by atoms with Crippen molar-refractivity contribution in [3.05, 3.63) is 43.0 Å². The first-order chi connectivity index (χ1) is 10.3. The molecule has 2 saturated heterocycles. The van der Waals surface area contributed by atoms with Crippen LogP contribution in [0.25, 0.3) is 0 Å². The third kappa shape index (κ3) is 2.88. The first-order valence-electron chi connectivity index (χ1n) is 8.02. The van der Waals surface area contributed by atoms with Crippen LogP contribution in [0.2, 0.25) is 0 Å². The highest BCUT2D eigenvalue weighted by molar-refractivity contribution is 5.87. The molecule has 3 heteroatoms. The van der Waals surface area contributed by atoms with Crippen LogP contribution in [0.1, 0.15) is 32.1 Å². The van der Waals surface area contributed by atoms with E-state index in [-0.39, 0.29) is 6.17 Å². The number of unbranched alkanes of at least 4 members (excludes halogenated alkanes) is 1. The molecule has 0 aliphatic carbocycles. The van der Waals surface area contributed by atoms with Gasteiger partial charge in [0, 0.05) is 31.2 Å². The lowest BCUT2D eigenvalue weighted by atomic mass is 10.1. The van der Waals surface area contributed by atoms with Crippen molar-refractivity contribution in [2.45, 2.75) is 44.3 Å². The smallest absolute Gasteiger partial charge is 0.170 e. The predicted octanol–water partition coefficient (Wildman–Crippen LogP) is 3.22. The molecule has 0 amide bonds. The molecule has 1 aromatic carbocycles. The Morgan fingerprint density at radius 1 is 1.33 bits per heavy atom. The summed E-state index contributed by atoms with van der Waals surface area (Å²) in [7, 11) is 0. The van der Waals surface area contributed by atoms with E-state index in [2.05, 4.69) is 40.6 Å². The van der Waals surface area contributed by atoms with Gasteiger partial charge in [-0.3, -0.25) is 9.69 Å². The lowest BCUT2D eigenvalue weighted by Crippen LogP contribution is -2.45. The molecule has 0 bridgehead atoms. The molecule has 0 radical (unpaired) electrons. The molecule has 2 unspecified atom stereocenters. The number of carbonyl (C=O) groups is 1. The molecule has 0 aromatic heterocycles. The van der Waals surface area contributed by atoms with E-state index >= 15 is 0 Å². The predicted molar refractivity (Wildman–Crippen MR) is 86.4 cm³/mol. The van der Waals surface area contributed by atoms with Gasteiger partial charge in [0.15, 0.2) is 5.78 Å². The molecule has 3 rings (SSSR count). The molecule has 0 N–H and O–H groups in total. The zero-order valence-electron chi connectivity index (χ0n) is 12.6. The van der Waals surface area contributed by atoms with Crippen LogP contribution in [0.4, 0.5) is 5.69 Å². The van der Waals surface area contributed by atoms with Crippen LogP contribution in [-0.4, -0.2) is 36.0 Å². The minimum atomic E-state index is -0.0512. The highest BCUT2D eigenvalue weighted by Gasteiger charge is 2.44. The molecular weight excluding hydrogens is 260 g/mol. The van der Waals surface area contributed by atoms with Gasteiger partial charge in [0.25, 0.3) is 0 Å². The summed E-state index contributed by atoms with van der Waals surface area (Å²) in [5, 5.41) is 0. The highest BCUT2D eigenvalue weighted by Crippen LogP contribution is 2.34. The van der Waals surface area contributed by atoms with E-state index in [4.69, 9.17) is 0 Å². The summed E-state index contributed by atoms with van der Waals surface area (Å²) in [6, 6.07) is 10.9. The second-order valence-electron chi connectivity index (χ2n) is 6.04. The largest absolute Gasteiger partial charge is 0.348 e. The molecular formula is C18H24N2O. The highest BCUT2D eigenvalue weighted by atomic mass is 16.1. The molecule has 112 valence electrons. The molecule has 2 aliphatic rings. The molecule has 0 saturated carbocycles. The van der Waals surface area contributed by atoms with Crippen molar-refractivity contribution in [3.8, 4) is 0 Å². The van der Waals surface area contributed by atoms with Crippen LogP contribution in [0.3, 0.4) is 0 Å². The van der Waals surface area contributed by atoms with E-state index in [1.165, 1.54) is 18.5 Å². The number of allylic oxidation sites excluding steroid dienone is 1. The molecule has 21 heavy (non-hydrogen) atoms. The zero-order valence-corrected chi connectivity index (χ0v) is 12.6. The van der Waals surface area contributed by atoms with Crippen LogP contribution in [0.15, 0.2) is 43.0 Å². The van der Waals surface area contributed by atoms with E-state index in [0.29, 0.717) is 18.2 Å². The van der Waals surface area contributed by atoms with Gasteiger partial charge in [0.2, 0.25) is 0 Å². The summed E-state index contributed by atoms with van der Waals surface area (Å²) in [4.78, 5) is 17.5. The first kappa shape index (κ1) is 14.3. The third-order valence-electron chi connectivity index (χ3n) is 4.65. The molecule has 2 heterocycles. The number of para-hydroxylation sites is 1. The van der Waals surface area contributed by atoms with Gasteiger partial charge in [-0.05, 0) is 37.8 Å². The molecule has 2 aliphatic heterocycles. The third-order valence-corrected chi connectivity index (χ3v) is 4.65. The van der Waals surface area contributed by atoms with E-state index in [0.717, 1.165) is 25.9 Å². The van der Waals surface area contributed by atoms with Gasteiger partial charge >= 0.3 is 0 Å². The van der Waals surface area contributed by atoms with Crippen molar-refractivity contribution >= 4 is 11.5 Å². The Morgan fingerprint density at radius 3 is 2.90 bits per heavy atom. The normalized spacial score (nSPS) is 25.0. The van der Waals surface area contributed by atoms with Crippen LogP contribution >= 0.6 is 0 Å². The number of carbonyl (C=O) groups excluding carboxylic acids is 1. The number of ketones is 1. The van der Waals surface area contributed by atoms with E-state index in [1.54, 1.807) is 0 Å². The van der Waals surface area contributed by atoms with Gasteiger partial charge in [0.05, 0.1) is 0 Å². The number of benzene rings is 1. The maximum atomic E-state index is 12.7. The zero-order chi connectivity index (χ0) is 14.7. The second-order valence-corrected chi connectivity index (χ2v) is 6.04. The first-order valence-corrected chi connectivity index (χ1v) is 8.02. The molecule has 0 spiro atoms. The number of anilines is 1. The summed E-state index contributed by atoms with van der Waals surface area (Å²) in [6.45, 7) is 5.79. The molecule has 1 aromatic rings. The van der Waals surface area contributed by atoms with Crippen molar-refractivity contribution in [1.82, 2.24) is 4.90 Å². The fourth-order valence-corrected chi connectivity index (χ4v) is 3.66. The van der Waals surface area contributed by atoms with Crippen LogP contribution < -0.4 is 4.90 Å². The topological polar surface area (TPSA) is 23.6 Å². The van der Waals surface area contributed by atoms with Crippen molar-refractivity contribution in [1.29, 1.82) is 0 Å². The van der Waals surface area contributed by atoms with Crippen LogP contribution in [0, 0.1) is 0 Å². The summed E-state index contributed by atoms with van der Waals surface area (Å²) >= 11 is 0. The van der Waals surface area contributed by atoms with Crippen LogP contribution in [0.5, 0.6) is 0 Å². The van der Waals surface area contributed by atoms with Gasteiger partial charge in [0.1, 0.15) is 6.17 Å². The maximum Gasteiger partial charge on any atom is 0.170 e. The van der Waals surface area contributed by atoms with Crippen LogP contribution in [-0.2, 0) is 4.79 Å². The summed E-state index contributed by atoms with van der Waals surface area (Å²) in [5.74, 6) is 0.366. The minimum Gasteiger partial charge on any atom is -0.348 e. The number of fused-ring (bicyclic) bond motifs is 1. The number of hydrogen-bond acceptors (Lipinski definition) is 3. The standard InChI is InChI=1S/C18H24N2O/c1-2-3-5-12-17(21)18-19-13-8-11-16(19)14-20(18)15-9-6-4-7-10-15/h2,4,6-7,9-10,16,18H,1,3,5,8,11-14H2. The van der Waals surface area contributed by atoms with Gasteiger partial charge in [-0.25, -0.2) is 0 Å². The monoisotopic (exact) mass is 284 g/mol. The molecule has 2 atom stereocenters. The average molecular weight is 284 g/mol. The Morgan fingerprint density at radius 2 is 2.14 bits per heavy atom. The van der Waals surface area contributed by atoms with Crippen molar-refractivity contribution < 1.29 is 4.79 Å². The number of hydrogen-bond donors (Lipinski definition) is 0. The van der Waals surface area contributed by atoms with Gasteiger partial charge < -0.3 is 4.90 Å². The second kappa shape index (κ2) is 6.44. The Labute approximate surface area is 127 Å². The van der Waals surface area contributed by atoms with Gasteiger partial charge in [-0.15, -0.1) is 6.58 Å². The molecule has 2 fully saturated rings. The van der Waals surface area contributed by atoms with Crippen molar-refractivity contribution in [2.24, 2.45) is 0 Å². The van der Waals surface area contributed by atoms with E-state index in [1.807, 2.05) is 12.1 Å². The Bertz CT molecular complexity index is 499.